The summed E-state index contributed by atoms with van der Waals surface area (Å²) in [5, 5.41) is 22.9. The highest BCUT2D eigenvalue weighted by Gasteiger charge is 2.45. The molecule has 2 aromatic heterocycles. The van der Waals surface area contributed by atoms with Gasteiger partial charge in [-0.1, -0.05) is 12.1 Å². The molecule has 9 nitrogen and oxygen atoms in total. The van der Waals surface area contributed by atoms with E-state index in [1.54, 1.807) is 44.4 Å². The van der Waals surface area contributed by atoms with Crippen LogP contribution in [0.3, 0.4) is 0 Å². The second kappa shape index (κ2) is 13.1. The number of rotatable bonds is 12. The van der Waals surface area contributed by atoms with Crippen LogP contribution in [-0.2, 0) is 5.60 Å². The van der Waals surface area contributed by atoms with Crippen molar-refractivity contribution in [2.75, 3.05) is 42.0 Å². The van der Waals surface area contributed by atoms with Gasteiger partial charge in [0.05, 0.1) is 44.4 Å². The van der Waals surface area contributed by atoms with E-state index in [1.165, 1.54) is 45.6 Å². The van der Waals surface area contributed by atoms with E-state index in [9.17, 15) is 19.1 Å². The van der Waals surface area contributed by atoms with Crippen LogP contribution in [0.1, 0.15) is 34.6 Å². The molecule has 4 rings (SSSR count). The Kier molecular flexibility index (Phi) is 9.58. The Bertz CT molecular complexity index is 1650. The summed E-state index contributed by atoms with van der Waals surface area (Å²) in [7, 11) is 7.59. The maximum atomic E-state index is 16.2. The molecule has 0 aliphatic heterocycles. The number of hydrogen-bond acceptors (Lipinski definition) is 9. The summed E-state index contributed by atoms with van der Waals surface area (Å²) in [5.41, 5.74) is -0.806. The first-order valence-corrected chi connectivity index (χ1v) is 13.1. The third-order valence-corrected chi connectivity index (χ3v) is 7.08. The van der Waals surface area contributed by atoms with Gasteiger partial charge in [-0.3, -0.25) is 0 Å². The second-order valence-electron chi connectivity index (χ2n) is 10.00. The summed E-state index contributed by atoms with van der Waals surface area (Å²) in [6, 6.07) is 15.7. The summed E-state index contributed by atoms with van der Waals surface area (Å²) >= 11 is 0. The van der Waals surface area contributed by atoms with Gasteiger partial charge < -0.3 is 29.0 Å². The molecule has 0 fully saturated rings. The predicted octanol–water partition coefficient (Wildman–Crippen LogP) is 5.24. The van der Waals surface area contributed by atoms with Gasteiger partial charge in [-0.05, 0) is 56.4 Å². The van der Waals surface area contributed by atoms with Crippen molar-refractivity contribution in [3.05, 3.63) is 82.7 Å². The van der Waals surface area contributed by atoms with Crippen LogP contribution in [0.25, 0.3) is 10.9 Å². The van der Waals surface area contributed by atoms with Crippen molar-refractivity contribution in [1.29, 1.82) is 5.26 Å². The highest BCUT2D eigenvalue weighted by atomic mass is 19.3. The van der Waals surface area contributed by atoms with Crippen molar-refractivity contribution in [3.8, 4) is 29.5 Å². The third kappa shape index (κ3) is 6.58. The van der Waals surface area contributed by atoms with Gasteiger partial charge in [0.2, 0.25) is 17.6 Å². The highest BCUT2D eigenvalue weighted by Crippen LogP contribution is 2.49. The number of hydrogen-bond donors (Lipinski definition) is 1. The van der Waals surface area contributed by atoms with Crippen molar-refractivity contribution < 1.29 is 37.2 Å². The molecule has 0 radical (unpaired) electrons. The van der Waals surface area contributed by atoms with E-state index >= 15 is 4.39 Å². The number of halogens is 3. The van der Waals surface area contributed by atoms with Crippen LogP contribution < -0.4 is 18.9 Å². The molecule has 12 heteroatoms. The van der Waals surface area contributed by atoms with Crippen LogP contribution in [0.4, 0.5) is 13.2 Å². The smallest absolute Gasteiger partial charge is 0.388 e. The zero-order valence-corrected chi connectivity index (χ0v) is 24.3. The molecule has 0 saturated carbocycles. The van der Waals surface area contributed by atoms with E-state index in [-0.39, 0.29) is 47.2 Å². The lowest BCUT2D eigenvalue weighted by atomic mass is 9.71. The fraction of sp³-hybridized carbons (Fsp3) is 0.323. The van der Waals surface area contributed by atoms with Crippen molar-refractivity contribution >= 4 is 10.9 Å². The summed E-state index contributed by atoms with van der Waals surface area (Å²) < 4.78 is 63.6. The minimum Gasteiger partial charge on any atom is -0.494 e. The van der Waals surface area contributed by atoms with Crippen LogP contribution in [0.2, 0.25) is 0 Å². The number of pyridine rings is 2. The first kappa shape index (κ1) is 31.3. The quantitative estimate of drug-likeness (QED) is 0.235. The summed E-state index contributed by atoms with van der Waals surface area (Å²) in [6.07, 6.45) is -0.0258. The lowest BCUT2D eigenvalue weighted by Crippen LogP contribution is -2.38. The van der Waals surface area contributed by atoms with E-state index in [0.717, 1.165) is 0 Å². The molecule has 0 saturated heterocycles. The largest absolute Gasteiger partial charge is 0.494 e. The van der Waals surface area contributed by atoms with E-state index in [1.807, 2.05) is 4.90 Å². The standard InChI is InChI=1S/C31H31F3N4O5/c1-38(2)12-11-31(39,20-15-25(41-4)37-26(16-20)43-30(33)34)27(21-7-6-8-24(40-3)28(21)32)22-14-19-13-18(17-35)9-10-23(19)36-29(22)42-5/h6-10,13-16,27,30,39H,11-12H2,1-5H3. The Morgan fingerprint density at radius 2 is 1.70 bits per heavy atom. The number of methoxy groups -OCH3 is 3. The Labute approximate surface area is 247 Å². The van der Waals surface area contributed by atoms with Gasteiger partial charge in [-0.15, -0.1) is 0 Å². The Balaban J connectivity index is 2.13. The fourth-order valence-electron chi connectivity index (χ4n) is 5.04. The number of alkyl halides is 2. The molecule has 2 aromatic carbocycles. The Morgan fingerprint density at radius 3 is 2.33 bits per heavy atom. The number of aliphatic hydroxyl groups is 1. The number of aromatic nitrogens is 2. The zero-order valence-electron chi connectivity index (χ0n) is 24.3. The molecule has 4 aromatic rings. The van der Waals surface area contributed by atoms with E-state index in [4.69, 9.17) is 14.2 Å². The van der Waals surface area contributed by atoms with E-state index in [2.05, 4.69) is 20.8 Å². The molecule has 0 bridgehead atoms. The number of ether oxygens (including phenoxy) is 4. The molecule has 0 aliphatic carbocycles. The van der Waals surface area contributed by atoms with Gasteiger partial charge in [0.15, 0.2) is 11.6 Å². The Morgan fingerprint density at radius 1 is 0.953 bits per heavy atom. The molecule has 1 N–H and O–H groups in total. The Hall–Kier alpha value is -4.60. The molecule has 0 spiro atoms. The normalized spacial score (nSPS) is 13.4. The van der Waals surface area contributed by atoms with Crippen molar-refractivity contribution in [1.82, 2.24) is 14.9 Å². The molecule has 226 valence electrons. The van der Waals surface area contributed by atoms with Crippen molar-refractivity contribution in [2.45, 2.75) is 24.6 Å². The number of benzene rings is 2. The average Bonchev–Trinajstić information content (AvgIpc) is 2.99. The molecule has 0 aliphatic rings. The summed E-state index contributed by atoms with van der Waals surface area (Å²) in [4.78, 5) is 10.4. The summed E-state index contributed by atoms with van der Waals surface area (Å²) in [5.74, 6) is -2.62. The zero-order chi connectivity index (χ0) is 31.3. The first-order valence-electron chi connectivity index (χ1n) is 13.1. The molecule has 43 heavy (non-hydrogen) atoms. The van der Waals surface area contributed by atoms with Crippen LogP contribution in [0, 0.1) is 17.1 Å². The van der Waals surface area contributed by atoms with Gasteiger partial charge in [0.25, 0.3) is 0 Å². The van der Waals surface area contributed by atoms with Gasteiger partial charge >= 0.3 is 6.61 Å². The molecule has 0 amide bonds. The van der Waals surface area contributed by atoms with Gasteiger partial charge in [-0.25, -0.2) is 9.37 Å². The lowest BCUT2D eigenvalue weighted by Gasteiger charge is -2.39. The van der Waals surface area contributed by atoms with Crippen molar-refractivity contribution in [2.24, 2.45) is 0 Å². The van der Waals surface area contributed by atoms with Crippen molar-refractivity contribution in [3.63, 3.8) is 0 Å². The van der Waals surface area contributed by atoms with E-state index < -0.39 is 29.8 Å². The van der Waals surface area contributed by atoms with E-state index in [0.29, 0.717) is 16.5 Å². The SMILES string of the molecule is COc1cc(C(O)(CCN(C)C)C(c2cc3cc(C#N)ccc3nc2OC)c2cccc(OC)c2F)cc(OC(F)F)n1. The molecule has 2 unspecified atom stereocenters. The maximum absolute atomic E-state index is 16.2. The minimum absolute atomic E-state index is 0.0172. The minimum atomic E-state index is -3.20. The monoisotopic (exact) mass is 596 g/mol. The fourth-order valence-corrected chi connectivity index (χ4v) is 5.04. The predicted molar refractivity (Wildman–Crippen MR) is 152 cm³/mol. The second-order valence-corrected chi connectivity index (χ2v) is 10.00. The third-order valence-electron chi connectivity index (χ3n) is 7.08. The molecular formula is C31H31F3N4O5. The van der Waals surface area contributed by atoms with Gasteiger partial charge in [0.1, 0.15) is 5.60 Å². The van der Waals surface area contributed by atoms with Crippen LogP contribution in [0.15, 0.2) is 54.6 Å². The van der Waals surface area contributed by atoms with Crippen LogP contribution >= 0.6 is 0 Å². The molecule has 2 atom stereocenters. The molecule has 2 heterocycles. The number of nitriles is 1. The van der Waals surface area contributed by atoms with Crippen LogP contribution in [-0.4, -0.2) is 68.6 Å². The topological polar surface area (TPSA) is 110 Å². The van der Waals surface area contributed by atoms with Gasteiger partial charge in [0, 0.05) is 35.2 Å². The van der Waals surface area contributed by atoms with Gasteiger partial charge in [-0.2, -0.15) is 19.0 Å². The average molecular weight is 597 g/mol. The molecular weight excluding hydrogens is 565 g/mol. The number of fused-ring (bicyclic) bond motifs is 1. The first-order chi connectivity index (χ1) is 20.5. The summed E-state index contributed by atoms with van der Waals surface area (Å²) in [6.45, 7) is -2.91. The highest BCUT2D eigenvalue weighted by molar-refractivity contribution is 5.82. The maximum Gasteiger partial charge on any atom is 0.388 e. The number of nitrogens with zero attached hydrogens (tertiary/aromatic N) is 4. The van der Waals surface area contributed by atoms with Crippen LogP contribution in [0.5, 0.6) is 23.4 Å². The lowest BCUT2D eigenvalue weighted by molar-refractivity contribution is -0.0538.